The molecule has 0 bridgehead atoms. The summed E-state index contributed by atoms with van der Waals surface area (Å²) < 4.78 is 26.2. The molecule has 8 heteroatoms. The van der Waals surface area contributed by atoms with Gasteiger partial charge in [-0.25, -0.2) is 18.7 Å². The maximum absolute atomic E-state index is 13.4. The molecule has 1 N–H and O–H groups in total. The number of hydrogen-bond acceptors (Lipinski definition) is 4. The van der Waals surface area contributed by atoms with Crippen LogP contribution in [0.2, 0.25) is 5.15 Å². The summed E-state index contributed by atoms with van der Waals surface area (Å²) in [6, 6.07) is 2.83. The molecule has 4 nitrogen and oxygen atoms in total. The third kappa shape index (κ3) is 3.23. The summed E-state index contributed by atoms with van der Waals surface area (Å²) in [4.78, 5) is 19.7. The number of amides is 1. The van der Waals surface area contributed by atoms with Crippen LogP contribution in [0.3, 0.4) is 0 Å². The van der Waals surface area contributed by atoms with Gasteiger partial charge in [-0.15, -0.1) is 0 Å². The van der Waals surface area contributed by atoms with Gasteiger partial charge in [0.25, 0.3) is 5.91 Å². The highest BCUT2D eigenvalue weighted by Crippen LogP contribution is 2.20. The monoisotopic (exact) mass is 315 g/mol. The van der Waals surface area contributed by atoms with E-state index in [4.69, 9.17) is 11.6 Å². The van der Waals surface area contributed by atoms with Crippen molar-refractivity contribution < 1.29 is 13.6 Å². The van der Waals surface area contributed by atoms with E-state index in [0.29, 0.717) is 11.2 Å². The normalized spacial score (nSPS) is 10.4. The molecule has 0 spiro atoms. The number of halogens is 3. The van der Waals surface area contributed by atoms with Gasteiger partial charge in [-0.3, -0.25) is 4.79 Å². The van der Waals surface area contributed by atoms with Crippen molar-refractivity contribution >= 4 is 35.0 Å². The Labute approximate surface area is 122 Å². The third-order valence-electron chi connectivity index (χ3n) is 2.33. The Hall–Kier alpha value is -1.73. The lowest BCUT2D eigenvalue weighted by Gasteiger charge is -2.07. The first-order valence-corrected chi connectivity index (χ1v) is 6.94. The molecule has 0 aliphatic carbocycles. The third-order valence-corrected chi connectivity index (χ3v) is 3.18. The summed E-state index contributed by atoms with van der Waals surface area (Å²) in [5.41, 5.74) is -0.144. The van der Waals surface area contributed by atoms with E-state index < -0.39 is 17.5 Å². The molecule has 104 valence electrons. The summed E-state index contributed by atoms with van der Waals surface area (Å²) in [6.45, 7) is 0. The van der Waals surface area contributed by atoms with Gasteiger partial charge >= 0.3 is 0 Å². The topological polar surface area (TPSA) is 54.9 Å². The molecule has 0 fully saturated rings. The van der Waals surface area contributed by atoms with Crippen molar-refractivity contribution in [1.29, 1.82) is 0 Å². The van der Waals surface area contributed by atoms with E-state index in [1.165, 1.54) is 18.0 Å². The number of benzene rings is 1. The Morgan fingerprint density at radius 2 is 2.15 bits per heavy atom. The van der Waals surface area contributed by atoms with E-state index in [9.17, 15) is 13.6 Å². The van der Waals surface area contributed by atoms with Gasteiger partial charge < -0.3 is 5.32 Å². The van der Waals surface area contributed by atoms with Crippen LogP contribution in [0.4, 0.5) is 14.5 Å². The molecular weight excluding hydrogens is 308 g/mol. The Morgan fingerprint density at radius 1 is 1.40 bits per heavy atom. The lowest BCUT2D eigenvalue weighted by molar-refractivity contribution is 0.102. The van der Waals surface area contributed by atoms with E-state index in [0.717, 1.165) is 12.1 Å². The number of aromatic nitrogens is 2. The average molecular weight is 316 g/mol. The van der Waals surface area contributed by atoms with E-state index in [2.05, 4.69) is 15.3 Å². The van der Waals surface area contributed by atoms with Crippen LogP contribution in [0.1, 0.15) is 10.4 Å². The average Bonchev–Trinajstić information content (AvgIpc) is 2.41. The largest absolute Gasteiger partial charge is 0.319 e. The van der Waals surface area contributed by atoms with Crippen molar-refractivity contribution in [1.82, 2.24) is 9.97 Å². The van der Waals surface area contributed by atoms with Crippen molar-refractivity contribution in [2.24, 2.45) is 0 Å². The fraction of sp³-hybridized carbons (Fsp3) is 0.0833. The van der Waals surface area contributed by atoms with Gasteiger partial charge in [-0.1, -0.05) is 23.4 Å². The summed E-state index contributed by atoms with van der Waals surface area (Å²) >= 11 is 7.13. The number of hydrogen-bond donors (Lipinski definition) is 1. The summed E-state index contributed by atoms with van der Waals surface area (Å²) in [5.74, 6) is -2.28. The second-order valence-electron chi connectivity index (χ2n) is 3.64. The zero-order valence-electron chi connectivity index (χ0n) is 10.2. The highest BCUT2D eigenvalue weighted by atomic mass is 35.5. The maximum atomic E-state index is 13.4. The van der Waals surface area contributed by atoms with Gasteiger partial charge in [0.1, 0.15) is 16.8 Å². The van der Waals surface area contributed by atoms with Crippen LogP contribution in [-0.2, 0) is 0 Å². The first-order valence-electron chi connectivity index (χ1n) is 5.34. The molecule has 2 rings (SSSR count). The molecule has 0 saturated carbocycles. The Balaban J connectivity index is 2.24. The zero-order chi connectivity index (χ0) is 14.7. The summed E-state index contributed by atoms with van der Waals surface area (Å²) in [6.07, 6.45) is 3.01. The van der Waals surface area contributed by atoms with E-state index >= 15 is 0 Å². The van der Waals surface area contributed by atoms with Crippen LogP contribution in [0.15, 0.2) is 29.6 Å². The summed E-state index contributed by atoms with van der Waals surface area (Å²) in [7, 11) is 0. The molecule has 20 heavy (non-hydrogen) atoms. The molecule has 2 aromatic rings. The van der Waals surface area contributed by atoms with Crippen LogP contribution >= 0.6 is 23.4 Å². The fourth-order valence-corrected chi connectivity index (χ4v) is 1.98. The molecule has 0 radical (unpaired) electrons. The van der Waals surface area contributed by atoms with Crippen LogP contribution in [0.25, 0.3) is 0 Å². The first kappa shape index (κ1) is 14.7. The van der Waals surface area contributed by atoms with Crippen molar-refractivity contribution in [2.45, 2.75) is 5.16 Å². The molecule has 1 aromatic heterocycles. The smallest absolute Gasteiger partial charge is 0.260 e. The predicted molar refractivity (Wildman–Crippen MR) is 73.1 cm³/mol. The Bertz CT molecular complexity index is 669. The fourth-order valence-electron chi connectivity index (χ4n) is 1.38. The van der Waals surface area contributed by atoms with Gasteiger partial charge in [-0.05, 0) is 18.4 Å². The van der Waals surface area contributed by atoms with Gasteiger partial charge in [-0.2, -0.15) is 0 Å². The SMILES string of the molecule is CSc1ncc(C(=O)Nc2ccc(F)cc2F)c(Cl)n1. The van der Waals surface area contributed by atoms with Gasteiger partial charge in [0.15, 0.2) is 5.16 Å². The number of nitrogens with one attached hydrogen (secondary N) is 1. The van der Waals surface area contributed by atoms with E-state index in [-0.39, 0.29) is 16.4 Å². The highest BCUT2D eigenvalue weighted by molar-refractivity contribution is 7.98. The standard InChI is InChI=1S/C12H8ClF2N3OS/c1-20-12-16-5-7(10(13)18-12)11(19)17-9-3-2-6(14)4-8(9)15/h2-5H,1H3,(H,17,19). The van der Waals surface area contributed by atoms with Crippen LogP contribution in [0, 0.1) is 11.6 Å². The highest BCUT2D eigenvalue weighted by Gasteiger charge is 2.15. The molecule has 0 aliphatic heterocycles. The van der Waals surface area contributed by atoms with Crippen LogP contribution < -0.4 is 5.32 Å². The number of nitrogens with zero attached hydrogens (tertiary/aromatic N) is 2. The number of carbonyl (C=O) groups excluding carboxylic acids is 1. The van der Waals surface area contributed by atoms with Crippen molar-refractivity contribution in [3.8, 4) is 0 Å². The lowest BCUT2D eigenvalue weighted by Crippen LogP contribution is -2.14. The lowest BCUT2D eigenvalue weighted by atomic mass is 10.2. The molecule has 1 amide bonds. The molecule has 0 saturated heterocycles. The van der Waals surface area contributed by atoms with Gasteiger partial charge in [0.2, 0.25) is 0 Å². The molecule has 0 atom stereocenters. The summed E-state index contributed by atoms with van der Waals surface area (Å²) in [5, 5.41) is 2.66. The minimum Gasteiger partial charge on any atom is -0.319 e. The van der Waals surface area contributed by atoms with Gasteiger partial charge in [0, 0.05) is 12.3 Å². The molecule has 0 unspecified atom stereocenters. The number of rotatable bonds is 3. The molecular formula is C12H8ClF2N3OS. The number of carbonyl (C=O) groups is 1. The second kappa shape index (κ2) is 6.15. The van der Waals surface area contributed by atoms with Crippen molar-refractivity contribution in [3.63, 3.8) is 0 Å². The zero-order valence-corrected chi connectivity index (χ0v) is 11.7. The predicted octanol–water partition coefficient (Wildman–Crippen LogP) is 3.38. The molecule has 1 aromatic carbocycles. The Morgan fingerprint density at radius 3 is 2.75 bits per heavy atom. The number of anilines is 1. The van der Waals surface area contributed by atoms with Crippen molar-refractivity contribution in [2.75, 3.05) is 11.6 Å². The minimum atomic E-state index is -0.879. The Kier molecular flexibility index (Phi) is 4.51. The van der Waals surface area contributed by atoms with E-state index in [1.54, 1.807) is 6.26 Å². The number of thioether (sulfide) groups is 1. The van der Waals surface area contributed by atoms with Crippen molar-refractivity contribution in [3.05, 3.63) is 46.7 Å². The second-order valence-corrected chi connectivity index (χ2v) is 4.77. The van der Waals surface area contributed by atoms with Crippen LogP contribution in [-0.4, -0.2) is 22.1 Å². The van der Waals surface area contributed by atoms with E-state index in [1.807, 2.05) is 0 Å². The van der Waals surface area contributed by atoms with Crippen LogP contribution in [0.5, 0.6) is 0 Å². The maximum Gasteiger partial charge on any atom is 0.260 e. The molecule has 0 aliphatic rings. The quantitative estimate of drug-likeness (QED) is 0.536. The molecule has 1 heterocycles. The minimum absolute atomic E-state index is 0.00758. The first-order chi connectivity index (χ1) is 9.51. The van der Waals surface area contributed by atoms with Gasteiger partial charge in [0.05, 0.1) is 11.3 Å².